The minimum absolute atomic E-state index is 0.0681. The third kappa shape index (κ3) is 2.96. The van der Waals surface area contributed by atoms with Crippen molar-refractivity contribution in [2.45, 2.75) is 0 Å². The van der Waals surface area contributed by atoms with Crippen LogP contribution >= 0.6 is 15.9 Å². The summed E-state index contributed by atoms with van der Waals surface area (Å²) < 4.78 is 6.14. The molecule has 4 nitrogen and oxygen atoms in total. The van der Waals surface area contributed by atoms with Gasteiger partial charge < -0.3 is 15.0 Å². The van der Waals surface area contributed by atoms with Gasteiger partial charge >= 0.3 is 6.03 Å². The molecular weight excluding hydrogens is 272 g/mol. The summed E-state index contributed by atoms with van der Waals surface area (Å²) >= 11 is 3.36. The highest BCUT2D eigenvalue weighted by Gasteiger charge is 2.16. The summed E-state index contributed by atoms with van der Waals surface area (Å²) in [6.45, 7) is 2.54. The Morgan fingerprint density at radius 2 is 2.12 bits per heavy atom. The van der Waals surface area contributed by atoms with E-state index in [1.807, 2.05) is 24.3 Å². The number of ether oxygens (including phenoxy) is 1. The van der Waals surface area contributed by atoms with Crippen LogP contribution in [-0.4, -0.2) is 37.2 Å². The van der Waals surface area contributed by atoms with Crippen molar-refractivity contribution in [2.24, 2.45) is 0 Å². The zero-order valence-corrected chi connectivity index (χ0v) is 10.4. The maximum absolute atomic E-state index is 11.8. The average molecular weight is 285 g/mol. The first-order chi connectivity index (χ1) is 7.75. The number of rotatable bonds is 1. The van der Waals surface area contributed by atoms with Crippen molar-refractivity contribution in [1.82, 2.24) is 4.90 Å². The highest BCUT2D eigenvalue weighted by molar-refractivity contribution is 9.10. The van der Waals surface area contributed by atoms with E-state index in [-0.39, 0.29) is 6.03 Å². The summed E-state index contributed by atoms with van der Waals surface area (Å²) in [6.07, 6.45) is 0. The Labute approximate surface area is 103 Å². The van der Waals surface area contributed by atoms with Gasteiger partial charge in [-0.25, -0.2) is 4.79 Å². The summed E-state index contributed by atoms with van der Waals surface area (Å²) in [5, 5.41) is 2.85. The highest BCUT2D eigenvalue weighted by Crippen LogP contribution is 2.16. The second-order valence-electron chi connectivity index (χ2n) is 3.54. The number of hydrogen-bond donors (Lipinski definition) is 1. The topological polar surface area (TPSA) is 41.6 Å². The molecule has 0 spiro atoms. The molecule has 1 saturated heterocycles. The van der Waals surface area contributed by atoms with Crippen LogP contribution in [0.2, 0.25) is 0 Å². The first-order valence-corrected chi connectivity index (χ1v) is 5.94. The zero-order chi connectivity index (χ0) is 11.4. The Hall–Kier alpha value is -1.07. The predicted octanol–water partition coefficient (Wildman–Crippen LogP) is 2.31. The number of anilines is 1. The van der Waals surface area contributed by atoms with Crippen LogP contribution in [0.3, 0.4) is 0 Å². The lowest BCUT2D eigenvalue weighted by molar-refractivity contribution is 0.0564. The van der Waals surface area contributed by atoms with E-state index in [0.29, 0.717) is 26.3 Å². The molecule has 1 N–H and O–H groups in total. The smallest absolute Gasteiger partial charge is 0.322 e. The van der Waals surface area contributed by atoms with E-state index >= 15 is 0 Å². The number of halogens is 1. The van der Waals surface area contributed by atoms with Crippen molar-refractivity contribution in [3.63, 3.8) is 0 Å². The van der Waals surface area contributed by atoms with E-state index < -0.39 is 0 Å². The van der Waals surface area contributed by atoms with Crippen molar-refractivity contribution in [3.8, 4) is 0 Å². The monoisotopic (exact) mass is 284 g/mol. The lowest BCUT2D eigenvalue weighted by Crippen LogP contribution is -2.43. The van der Waals surface area contributed by atoms with E-state index in [1.165, 1.54) is 0 Å². The van der Waals surface area contributed by atoms with Crippen LogP contribution in [0, 0.1) is 0 Å². The fourth-order valence-electron chi connectivity index (χ4n) is 1.54. The molecule has 0 atom stereocenters. The number of benzene rings is 1. The SMILES string of the molecule is O=C(Nc1cccc(Br)c1)N1CCOCC1. The molecule has 1 aliphatic heterocycles. The number of carbonyl (C=O) groups is 1. The van der Waals surface area contributed by atoms with E-state index in [2.05, 4.69) is 21.2 Å². The third-order valence-electron chi connectivity index (χ3n) is 2.37. The van der Waals surface area contributed by atoms with Crippen molar-refractivity contribution < 1.29 is 9.53 Å². The molecule has 0 aromatic heterocycles. The molecule has 1 aliphatic rings. The van der Waals surface area contributed by atoms with Crippen molar-refractivity contribution >= 4 is 27.6 Å². The van der Waals surface area contributed by atoms with Crippen LogP contribution in [-0.2, 0) is 4.74 Å². The number of nitrogens with zero attached hydrogens (tertiary/aromatic N) is 1. The Bertz CT molecular complexity index is 378. The molecule has 1 fully saturated rings. The second kappa shape index (κ2) is 5.32. The molecule has 0 unspecified atom stereocenters. The lowest BCUT2D eigenvalue weighted by Gasteiger charge is -2.26. The van der Waals surface area contributed by atoms with Crippen LogP contribution in [0.5, 0.6) is 0 Å². The highest BCUT2D eigenvalue weighted by atomic mass is 79.9. The van der Waals surface area contributed by atoms with Gasteiger partial charge in [0.25, 0.3) is 0 Å². The maximum Gasteiger partial charge on any atom is 0.322 e. The second-order valence-corrected chi connectivity index (χ2v) is 4.46. The minimum Gasteiger partial charge on any atom is -0.378 e. The van der Waals surface area contributed by atoms with Crippen LogP contribution in [0.15, 0.2) is 28.7 Å². The largest absolute Gasteiger partial charge is 0.378 e. The van der Waals surface area contributed by atoms with Crippen LogP contribution in [0.1, 0.15) is 0 Å². The van der Waals surface area contributed by atoms with Gasteiger partial charge in [-0.05, 0) is 18.2 Å². The summed E-state index contributed by atoms with van der Waals surface area (Å²) in [5.41, 5.74) is 0.797. The Kier molecular flexibility index (Phi) is 3.79. The van der Waals surface area contributed by atoms with Gasteiger partial charge in [-0.15, -0.1) is 0 Å². The zero-order valence-electron chi connectivity index (χ0n) is 8.78. The first kappa shape index (κ1) is 11.4. The quantitative estimate of drug-likeness (QED) is 0.860. The van der Waals surface area contributed by atoms with E-state index in [0.717, 1.165) is 10.2 Å². The molecule has 16 heavy (non-hydrogen) atoms. The summed E-state index contributed by atoms with van der Waals surface area (Å²) in [4.78, 5) is 13.6. The summed E-state index contributed by atoms with van der Waals surface area (Å²) in [6, 6.07) is 7.48. The molecule has 86 valence electrons. The van der Waals surface area contributed by atoms with Crippen LogP contribution < -0.4 is 5.32 Å². The van der Waals surface area contributed by atoms with Gasteiger partial charge in [0.15, 0.2) is 0 Å². The molecule has 1 aromatic rings. The molecule has 1 heterocycles. The Balaban J connectivity index is 1.96. The van der Waals surface area contributed by atoms with Gasteiger partial charge in [0.05, 0.1) is 13.2 Å². The molecule has 0 bridgehead atoms. The number of nitrogens with one attached hydrogen (secondary N) is 1. The first-order valence-electron chi connectivity index (χ1n) is 5.15. The molecule has 0 aliphatic carbocycles. The number of amides is 2. The molecule has 0 radical (unpaired) electrons. The fourth-order valence-corrected chi connectivity index (χ4v) is 1.93. The summed E-state index contributed by atoms with van der Waals surface area (Å²) in [7, 11) is 0. The molecule has 2 rings (SSSR count). The van der Waals surface area contributed by atoms with E-state index in [9.17, 15) is 4.79 Å². The van der Waals surface area contributed by atoms with Crippen LogP contribution in [0.4, 0.5) is 10.5 Å². The predicted molar refractivity (Wildman–Crippen MR) is 65.6 cm³/mol. The van der Waals surface area contributed by atoms with Crippen molar-refractivity contribution in [3.05, 3.63) is 28.7 Å². The number of morpholine rings is 1. The van der Waals surface area contributed by atoms with Crippen molar-refractivity contribution in [1.29, 1.82) is 0 Å². The van der Waals surface area contributed by atoms with Gasteiger partial charge in [0.1, 0.15) is 0 Å². The van der Waals surface area contributed by atoms with Gasteiger partial charge in [-0.1, -0.05) is 22.0 Å². The van der Waals surface area contributed by atoms with Crippen LogP contribution in [0.25, 0.3) is 0 Å². The maximum atomic E-state index is 11.8. The van der Waals surface area contributed by atoms with Gasteiger partial charge in [-0.2, -0.15) is 0 Å². The normalized spacial score (nSPS) is 15.9. The number of urea groups is 1. The van der Waals surface area contributed by atoms with Gasteiger partial charge in [0.2, 0.25) is 0 Å². The van der Waals surface area contributed by atoms with E-state index in [1.54, 1.807) is 4.90 Å². The fraction of sp³-hybridized carbons (Fsp3) is 0.364. The third-order valence-corrected chi connectivity index (χ3v) is 2.87. The summed E-state index contributed by atoms with van der Waals surface area (Å²) in [5.74, 6) is 0. The molecule has 2 amide bonds. The number of carbonyl (C=O) groups excluding carboxylic acids is 1. The van der Waals surface area contributed by atoms with E-state index in [4.69, 9.17) is 4.74 Å². The average Bonchev–Trinajstić information content (AvgIpc) is 2.30. The standard InChI is InChI=1S/C11H13BrN2O2/c12-9-2-1-3-10(8-9)13-11(15)14-4-6-16-7-5-14/h1-3,8H,4-7H2,(H,13,15). The molecule has 5 heteroatoms. The van der Waals surface area contributed by atoms with Gasteiger partial charge in [-0.3, -0.25) is 0 Å². The van der Waals surface area contributed by atoms with Gasteiger partial charge in [0, 0.05) is 23.2 Å². The minimum atomic E-state index is -0.0681. The number of hydrogen-bond acceptors (Lipinski definition) is 2. The Morgan fingerprint density at radius 1 is 1.38 bits per heavy atom. The lowest BCUT2D eigenvalue weighted by atomic mass is 10.3. The molecular formula is C11H13BrN2O2. The van der Waals surface area contributed by atoms with Crippen molar-refractivity contribution in [2.75, 3.05) is 31.6 Å². The molecule has 1 aromatic carbocycles. The Morgan fingerprint density at radius 3 is 2.81 bits per heavy atom. The molecule has 0 saturated carbocycles.